The van der Waals surface area contributed by atoms with Crippen molar-refractivity contribution in [1.29, 1.82) is 0 Å². The number of aromatic nitrogens is 2. The molecule has 86 valence electrons. The summed E-state index contributed by atoms with van der Waals surface area (Å²) < 4.78 is 52.8. The van der Waals surface area contributed by atoms with Gasteiger partial charge in [-0.15, -0.1) is 13.2 Å². The summed E-state index contributed by atoms with van der Waals surface area (Å²) in [6.45, 7) is 0. The Balaban J connectivity index is 2.58. The molecular weight excluding hydrogens is 252 g/mol. The molecule has 0 saturated carbocycles. The average Bonchev–Trinajstić information content (AvgIpc) is 2.51. The van der Waals surface area contributed by atoms with E-state index in [9.17, 15) is 17.6 Å². The smallest absolute Gasteiger partial charge is 0.403 e. The van der Waals surface area contributed by atoms with Crippen LogP contribution in [0.25, 0.3) is 11.0 Å². The summed E-state index contributed by atoms with van der Waals surface area (Å²) in [7, 11) is 0. The van der Waals surface area contributed by atoms with Crippen LogP contribution in [0.15, 0.2) is 12.1 Å². The number of hydrogen-bond donors (Lipinski definition) is 1. The molecule has 0 amide bonds. The Labute approximate surface area is 91.0 Å². The molecule has 1 N–H and O–H groups in total. The normalized spacial score (nSPS) is 12.1. The molecule has 2 aromatic rings. The number of imidazole rings is 1. The maximum atomic E-state index is 13.1. The first-order valence-corrected chi connectivity index (χ1v) is 4.34. The summed E-state index contributed by atoms with van der Waals surface area (Å²) in [5, 5.41) is -0.216. The number of halogens is 5. The van der Waals surface area contributed by atoms with E-state index in [1.807, 2.05) is 0 Å². The van der Waals surface area contributed by atoms with Crippen LogP contribution in [0, 0.1) is 5.82 Å². The molecule has 1 heterocycles. The van der Waals surface area contributed by atoms with Gasteiger partial charge in [-0.05, 0) is 23.7 Å². The SMILES string of the molecule is Fc1ccc(OC(F)(F)F)c2[nH]c(Cl)nc12. The van der Waals surface area contributed by atoms with Crippen molar-refractivity contribution in [3.63, 3.8) is 0 Å². The molecule has 16 heavy (non-hydrogen) atoms. The lowest BCUT2D eigenvalue weighted by atomic mass is 10.3. The van der Waals surface area contributed by atoms with Crippen LogP contribution in [0.1, 0.15) is 0 Å². The van der Waals surface area contributed by atoms with Gasteiger partial charge in [0, 0.05) is 0 Å². The third-order valence-electron chi connectivity index (χ3n) is 1.75. The van der Waals surface area contributed by atoms with Gasteiger partial charge >= 0.3 is 6.36 Å². The van der Waals surface area contributed by atoms with E-state index in [-0.39, 0.29) is 16.3 Å². The van der Waals surface area contributed by atoms with Gasteiger partial charge in [-0.2, -0.15) is 0 Å². The fourth-order valence-corrected chi connectivity index (χ4v) is 1.40. The summed E-state index contributed by atoms with van der Waals surface area (Å²) in [5.41, 5.74) is -0.533. The van der Waals surface area contributed by atoms with E-state index in [4.69, 9.17) is 11.6 Å². The first kappa shape index (κ1) is 11.0. The summed E-state index contributed by atoms with van der Waals surface area (Å²) in [5.74, 6) is -1.36. The molecule has 0 aliphatic heterocycles. The van der Waals surface area contributed by atoms with Crippen LogP contribution < -0.4 is 4.74 Å². The van der Waals surface area contributed by atoms with Crippen molar-refractivity contribution in [3.8, 4) is 5.75 Å². The summed E-state index contributed by atoms with van der Waals surface area (Å²) >= 11 is 5.43. The molecule has 0 atom stereocenters. The predicted octanol–water partition coefficient (Wildman–Crippen LogP) is 3.25. The highest BCUT2D eigenvalue weighted by molar-refractivity contribution is 6.29. The van der Waals surface area contributed by atoms with Crippen molar-refractivity contribution in [1.82, 2.24) is 9.97 Å². The number of nitrogens with zero attached hydrogens (tertiary/aromatic N) is 1. The van der Waals surface area contributed by atoms with E-state index in [0.29, 0.717) is 0 Å². The Hall–Kier alpha value is -1.50. The van der Waals surface area contributed by atoms with Crippen molar-refractivity contribution in [2.45, 2.75) is 6.36 Å². The van der Waals surface area contributed by atoms with Gasteiger partial charge in [-0.3, -0.25) is 0 Å². The average molecular weight is 255 g/mol. The molecule has 8 heteroatoms. The second kappa shape index (κ2) is 3.51. The molecule has 0 spiro atoms. The molecule has 0 unspecified atom stereocenters. The zero-order valence-electron chi connectivity index (χ0n) is 7.40. The van der Waals surface area contributed by atoms with Crippen LogP contribution >= 0.6 is 11.6 Å². The summed E-state index contributed by atoms with van der Waals surface area (Å²) in [4.78, 5) is 5.77. The van der Waals surface area contributed by atoms with Crippen molar-refractivity contribution in [3.05, 3.63) is 23.2 Å². The topological polar surface area (TPSA) is 37.9 Å². The first-order chi connectivity index (χ1) is 7.37. The summed E-state index contributed by atoms with van der Waals surface area (Å²) in [6, 6.07) is 1.67. The number of nitrogens with one attached hydrogen (secondary N) is 1. The third-order valence-corrected chi connectivity index (χ3v) is 1.93. The lowest BCUT2D eigenvalue weighted by Gasteiger charge is -2.09. The minimum atomic E-state index is -4.86. The fraction of sp³-hybridized carbons (Fsp3) is 0.125. The minimum Gasteiger partial charge on any atom is -0.403 e. The number of aromatic amines is 1. The van der Waals surface area contributed by atoms with Crippen molar-refractivity contribution in [2.24, 2.45) is 0 Å². The highest BCUT2D eigenvalue weighted by atomic mass is 35.5. The first-order valence-electron chi connectivity index (χ1n) is 3.96. The van der Waals surface area contributed by atoms with E-state index < -0.39 is 17.9 Å². The van der Waals surface area contributed by atoms with Gasteiger partial charge in [0.15, 0.2) is 11.6 Å². The number of hydrogen-bond acceptors (Lipinski definition) is 2. The van der Waals surface area contributed by atoms with E-state index in [1.54, 1.807) is 0 Å². The number of fused-ring (bicyclic) bond motifs is 1. The molecule has 0 saturated heterocycles. The van der Waals surface area contributed by atoms with E-state index in [2.05, 4.69) is 14.7 Å². The van der Waals surface area contributed by atoms with E-state index in [1.165, 1.54) is 0 Å². The second-order valence-electron chi connectivity index (χ2n) is 2.84. The zero-order valence-corrected chi connectivity index (χ0v) is 8.16. The van der Waals surface area contributed by atoms with Gasteiger partial charge in [-0.25, -0.2) is 9.37 Å². The lowest BCUT2D eigenvalue weighted by molar-refractivity contribution is -0.274. The Bertz CT molecular complexity index is 537. The predicted molar refractivity (Wildman–Crippen MR) is 47.7 cm³/mol. The molecule has 0 bridgehead atoms. The van der Waals surface area contributed by atoms with Crippen LogP contribution in [-0.2, 0) is 0 Å². The van der Waals surface area contributed by atoms with Gasteiger partial charge in [0.1, 0.15) is 11.0 Å². The number of alkyl halides is 3. The number of rotatable bonds is 1. The van der Waals surface area contributed by atoms with Gasteiger partial charge in [-0.1, -0.05) is 0 Å². The number of ether oxygens (including phenoxy) is 1. The Morgan fingerprint density at radius 3 is 2.62 bits per heavy atom. The van der Waals surface area contributed by atoms with Crippen molar-refractivity contribution >= 4 is 22.6 Å². The Morgan fingerprint density at radius 1 is 1.31 bits per heavy atom. The largest absolute Gasteiger partial charge is 0.573 e. The number of benzene rings is 1. The quantitative estimate of drug-likeness (QED) is 0.793. The molecule has 0 radical (unpaired) electrons. The lowest BCUT2D eigenvalue weighted by Crippen LogP contribution is -2.17. The number of H-pyrrole nitrogens is 1. The second-order valence-corrected chi connectivity index (χ2v) is 3.20. The molecule has 0 aliphatic carbocycles. The van der Waals surface area contributed by atoms with Gasteiger partial charge in [0.25, 0.3) is 0 Å². The highest BCUT2D eigenvalue weighted by Gasteiger charge is 2.32. The monoisotopic (exact) mass is 254 g/mol. The van der Waals surface area contributed by atoms with Gasteiger partial charge in [0.05, 0.1) is 0 Å². The maximum absolute atomic E-state index is 13.1. The van der Waals surface area contributed by atoms with Gasteiger partial charge < -0.3 is 9.72 Å². The summed E-state index contributed by atoms with van der Waals surface area (Å²) in [6.07, 6.45) is -4.86. The molecule has 2 rings (SSSR count). The highest BCUT2D eigenvalue weighted by Crippen LogP contribution is 2.31. The van der Waals surface area contributed by atoms with Crippen LogP contribution in [0.3, 0.4) is 0 Å². The standard InChI is InChI=1S/C8H3ClF4N2O/c9-7-14-5-3(10)1-2-4(6(5)15-7)16-8(11,12)13/h1-2H,(H,14,15). The van der Waals surface area contributed by atoms with Gasteiger partial charge in [0.2, 0.25) is 5.28 Å². The van der Waals surface area contributed by atoms with E-state index >= 15 is 0 Å². The fourth-order valence-electron chi connectivity index (χ4n) is 1.22. The third kappa shape index (κ3) is 2.04. The Morgan fingerprint density at radius 2 is 2.00 bits per heavy atom. The molecule has 1 aromatic carbocycles. The minimum absolute atomic E-state index is 0.216. The molecule has 3 nitrogen and oxygen atoms in total. The van der Waals surface area contributed by atoms with Crippen LogP contribution in [0.5, 0.6) is 5.75 Å². The van der Waals surface area contributed by atoms with Crippen LogP contribution in [-0.4, -0.2) is 16.3 Å². The Kier molecular flexibility index (Phi) is 2.42. The van der Waals surface area contributed by atoms with Crippen molar-refractivity contribution < 1.29 is 22.3 Å². The molecular formula is C8H3ClF4N2O. The molecule has 0 aliphatic rings. The van der Waals surface area contributed by atoms with E-state index in [0.717, 1.165) is 12.1 Å². The molecule has 1 aromatic heterocycles. The van der Waals surface area contributed by atoms with Crippen molar-refractivity contribution in [2.75, 3.05) is 0 Å². The molecule has 0 fully saturated rings. The zero-order chi connectivity index (χ0) is 11.9. The van der Waals surface area contributed by atoms with Crippen LogP contribution in [0.2, 0.25) is 5.28 Å². The maximum Gasteiger partial charge on any atom is 0.573 e. The van der Waals surface area contributed by atoms with Crippen LogP contribution in [0.4, 0.5) is 17.6 Å².